The lowest BCUT2D eigenvalue weighted by Gasteiger charge is -2.43. The van der Waals surface area contributed by atoms with Gasteiger partial charge in [-0.1, -0.05) is 0 Å². The molecule has 0 bridgehead atoms. The summed E-state index contributed by atoms with van der Waals surface area (Å²) in [5, 5.41) is 13.6. The summed E-state index contributed by atoms with van der Waals surface area (Å²) in [6, 6.07) is 0.192. The van der Waals surface area contributed by atoms with Crippen molar-refractivity contribution in [2.75, 3.05) is 20.3 Å². The lowest BCUT2D eigenvalue weighted by atomic mass is 10.0. The van der Waals surface area contributed by atoms with Crippen LogP contribution in [0.25, 0.3) is 0 Å². The Balaban J connectivity index is 2.32. The molecule has 0 spiro atoms. The highest BCUT2D eigenvalue weighted by Gasteiger charge is 2.50. The van der Waals surface area contributed by atoms with Gasteiger partial charge < -0.3 is 14.6 Å². The number of aromatic nitrogens is 2. The van der Waals surface area contributed by atoms with E-state index in [0.29, 0.717) is 0 Å². The minimum Gasteiger partial charge on any atom is -0.465 e. The SMILES string of the molecule is CCOC(=O)C(C)NP1(=O)OCC(OC)C(C(C)(O)n2ccc(=O)[nH]c2=S)O1. The van der Waals surface area contributed by atoms with Crippen molar-refractivity contribution in [3.63, 3.8) is 0 Å². The number of methoxy groups -OCH3 is 1. The maximum Gasteiger partial charge on any atom is 0.406 e. The number of aliphatic hydroxyl groups is 1. The van der Waals surface area contributed by atoms with Crippen molar-refractivity contribution in [2.45, 2.75) is 44.7 Å². The maximum absolute atomic E-state index is 13.0. The van der Waals surface area contributed by atoms with Gasteiger partial charge in [0.1, 0.15) is 18.2 Å². The first kappa shape index (κ1) is 22.9. The van der Waals surface area contributed by atoms with Crippen molar-refractivity contribution >= 4 is 25.9 Å². The van der Waals surface area contributed by atoms with E-state index in [9.17, 15) is 19.3 Å². The summed E-state index contributed by atoms with van der Waals surface area (Å²) >= 11 is 5.10. The fourth-order valence-corrected chi connectivity index (χ4v) is 4.79. The summed E-state index contributed by atoms with van der Waals surface area (Å²) in [7, 11) is -2.63. The number of H-pyrrole nitrogens is 1. The molecule has 11 nitrogen and oxygen atoms in total. The van der Waals surface area contributed by atoms with Crippen molar-refractivity contribution < 1.29 is 33.0 Å². The van der Waals surface area contributed by atoms with E-state index in [1.165, 1.54) is 37.8 Å². The van der Waals surface area contributed by atoms with E-state index in [2.05, 4.69) is 10.1 Å². The van der Waals surface area contributed by atoms with Crippen LogP contribution in [0.2, 0.25) is 0 Å². The standard InChI is InChI=1S/C15H24N3O8PS/c1-5-24-13(20)9(2)17-27(22)25-8-10(23-4)12(26-27)15(3,21)18-7-6-11(19)16-14(18)28/h6-7,9-10,12,21H,5,8H2,1-4H3,(H,17,22)(H,16,19,28). The monoisotopic (exact) mass is 437 g/mol. The molecular formula is C15H24N3O8PS. The van der Waals surface area contributed by atoms with Crippen LogP contribution in [0.5, 0.6) is 0 Å². The minimum atomic E-state index is -4.01. The molecule has 1 aromatic rings. The van der Waals surface area contributed by atoms with E-state index >= 15 is 0 Å². The van der Waals surface area contributed by atoms with E-state index in [4.69, 9.17) is 30.7 Å². The molecular weight excluding hydrogens is 413 g/mol. The van der Waals surface area contributed by atoms with Crippen molar-refractivity contribution in [2.24, 2.45) is 0 Å². The molecule has 1 saturated heterocycles. The van der Waals surface area contributed by atoms with Crippen LogP contribution < -0.4 is 10.6 Å². The lowest BCUT2D eigenvalue weighted by Crippen LogP contribution is -2.55. The average Bonchev–Trinajstić information content (AvgIpc) is 2.61. The van der Waals surface area contributed by atoms with Gasteiger partial charge in [0.25, 0.3) is 5.56 Å². The zero-order chi connectivity index (χ0) is 21.1. The highest BCUT2D eigenvalue weighted by molar-refractivity contribution is 7.71. The van der Waals surface area contributed by atoms with Crippen molar-refractivity contribution in [3.05, 3.63) is 27.4 Å². The number of carbonyl (C=O) groups excluding carboxylic acids is 1. The topological polar surface area (TPSA) is 141 Å². The molecule has 2 heterocycles. The molecule has 0 aliphatic carbocycles. The van der Waals surface area contributed by atoms with Crippen LogP contribution in [0.4, 0.5) is 0 Å². The molecule has 0 saturated carbocycles. The Morgan fingerprint density at radius 2 is 2.32 bits per heavy atom. The number of hydrogen-bond donors (Lipinski definition) is 3. The maximum atomic E-state index is 13.0. The molecule has 5 unspecified atom stereocenters. The predicted octanol–water partition coefficient (Wildman–Crippen LogP) is 0.651. The van der Waals surface area contributed by atoms with Crippen LogP contribution >= 0.6 is 20.0 Å². The van der Waals surface area contributed by atoms with Crippen LogP contribution in [-0.2, 0) is 33.6 Å². The molecule has 5 atom stereocenters. The quantitative estimate of drug-likeness (QED) is 0.316. The molecule has 1 fully saturated rings. The van der Waals surface area contributed by atoms with Crippen molar-refractivity contribution in [3.8, 4) is 0 Å². The van der Waals surface area contributed by atoms with Crippen LogP contribution in [0.3, 0.4) is 0 Å². The first-order valence-corrected chi connectivity index (χ1v) is 10.4. The lowest BCUT2D eigenvalue weighted by molar-refractivity contribution is -0.184. The number of nitrogens with one attached hydrogen (secondary N) is 2. The number of carbonyl (C=O) groups is 1. The average molecular weight is 437 g/mol. The molecule has 158 valence electrons. The number of hydrogen-bond acceptors (Lipinski definition) is 9. The third kappa shape index (κ3) is 4.95. The van der Waals surface area contributed by atoms with Gasteiger partial charge in [0, 0.05) is 19.4 Å². The number of aromatic amines is 1. The predicted molar refractivity (Wildman–Crippen MR) is 100 cm³/mol. The third-order valence-electron chi connectivity index (χ3n) is 4.14. The van der Waals surface area contributed by atoms with Crippen LogP contribution in [0.15, 0.2) is 17.1 Å². The summed E-state index contributed by atoms with van der Waals surface area (Å²) in [6.07, 6.45) is -0.742. The van der Waals surface area contributed by atoms with Gasteiger partial charge in [-0.25, -0.2) is 9.65 Å². The number of nitrogens with zero attached hydrogens (tertiary/aromatic N) is 1. The molecule has 1 aliphatic rings. The Bertz CT molecular complexity index is 869. The van der Waals surface area contributed by atoms with Crippen molar-refractivity contribution in [1.29, 1.82) is 0 Å². The number of ether oxygens (including phenoxy) is 2. The fraction of sp³-hybridized carbons (Fsp3) is 0.667. The summed E-state index contributed by atoms with van der Waals surface area (Å²) in [6.45, 7) is 4.42. The second-order valence-electron chi connectivity index (χ2n) is 6.27. The van der Waals surface area contributed by atoms with E-state index in [1.807, 2.05) is 0 Å². The van der Waals surface area contributed by atoms with E-state index in [0.717, 1.165) is 0 Å². The molecule has 2 rings (SSSR count). The van der Waals surface area contributed by atoms with Crippen molar-refractivity contribution in [1.82, 2.24) is 14.6 Å². The number of rotatable bonds is 7. The van der Waals surface area contributed by atoms with Crippen LogP contribution in [-0.4, -0.2) is 59.2 Å². The van der Waals surface area contributed by atoms with E-state index in [-0.39, 0.29) is 18.0 Å². The Morgan fingerprint density at radius 3 is 2.89 bits per heavy atom. The molecule has 28 heavy (non-hydrogen) atoms. The Hall–Kier alpha value is -1.40. The zero-order valence-corrected chi connectivity index (χ0v) is 17.6. The summed E-state index contributed by atoms with van der Waals surface area (Å²) < 4.78 is 35.1. The van der Waals surface area contributed by atoms with Gasteiger partial charge in [-0.15, -0.1) is 0 Å². The Morgan fingerprint density at radius 1 is 1.64 bits per heavy atom. The first-order chi connectivity index (χ1) is 13.0. The molecule has 13 heteroatoms. The summed E-state index contributed by atoms with van der Waals surface area (Å²) in [5.74, 6) is -0.634. The smallest absolute Gasteiger partial charge is 0.406 e. The molecule has 0 aromatic carbocycles. The summed E-state index contributed by atoms with van der Waals surface area (Å²) in [5.41, 5.74) is -2.31. The molecule has 0 radical (unpaired) electrons. The largest absolute Gasteiger partial charge is 0.465 e. The van der Waals surface area contributed by atoms with Gasteiger partial charge in [0.15, 0.2) is 10.5 Å². The van der Waals surface area contributed by atoms with Gasteiger partial charge in [-0.2, -0.15) is 0 Å². The second kappa shape index (κ2) is 8.95. The highest BCUT2D eigenvalue weighted by Crippen LogP contribution is 2.52. The number of esters is 1. The highest BCUT2D eigenvalue weighted by atomic mass is 32.1. The third-order valence-corrected chi connectivity index (χ3v) is 6.14. The fourth-order valence-electron chi connectivity index (χ4n) is 2.69. The van der Waals surface area contributed by atoms with Crippen LogP contribution in [0.1, 0.15) is 20.8 Å². The van der Waals surface area contributed by atoms with Gasteiger partial charge in [0.2, 0.25) is 0 Å². The first-order valence-electron chi connectivity index (χ1n) is 8.49. The summed E-state index contributed by atoms with van der Waals surface area (Å²) in [4.78, 5) is 25.6. The second-order valence-corrected chi connectivity index (χ2v) is 8.38. The Labute approximate surface area is 166 Å². The normalized spacial score (nSPS) is 28.3. The van der Waals surface area contributed by atoms with Gasteiger partial charge >= 0.3 is 13.7 Å². The van der Waals surface area contributed by atoms with Gasteiger partial charge in [-0.3, -0.25) is 28.2 Å². The minimum absolute atomic E-state index is 0.0647. The zero-order valence-electron chi connectivity index (χ0n) is 15.9. The molecule has 0 amide bonds. The molecule has 3 N–H and O–H groups in total. The van der Waals surface area contributed by atoms with Gasteiger partial charge in [-0.05, 0) is 33.0 Å². The van der Waals surface area contributed by atoms with E-state index < -0.39 is 43.2 Å². The molecule has 1 aliphatic heterocycles. The van der Waals surface area contributed by atoms with E-state index in [1.54, 1.807) is 6.92 Å². The molecule has 1 aromatic heterocycles. The van der Waals surface area contributed by atoms with Crippen LogP contribution in [0, 0.1) is 4.77 Å². The van der Waals surface area contributed by atoms with Gasteiger partial charge in [0.05, 0.1) is 13.2 Å². The Kier molecular flexibility index (Phi) is 7.32.